The van der Waals surface area contributed by atoms with Crippen molar-refractivity contribution in [3.63, 3.8) is 0 Å². The number of aryl methyl sites for hydroxylation is 1. The first-order valence-corrected chi connectivity index (χ1v) is 19.8. The van der Waals surface area contributed by atoms with Crippen LogP contribution in [0, 0.1) is 12.8 Å². The van der Waals surface area contributed by atoms with Gasteiger partial charge in [0.05, 0.1) is 12.0 Å². The summed E-state index contributed by atoms with van der Waals surface area (Å²) in [5, 5.41) is 68.6. The zero-order chi connectivity index (χ0) is 41.1. The van der Waals surface area contributed by atoms with Crippen molar-refractivity contribution in [2.24, 2.45) is 15.9 Å². The highest BCUT2D eigenvalue weighted by molar-refractivity contribution is 5.90. The van der Waals surface area contributed by atoms with Gasteiger partial charge < -0.3 is 45.1 Å². The van der Waals surface area contributed by atoms with E-state index in [2.05, 4.69) is 22.2 Å². The Bertz CT molecular complexity index is 2230. The zero-order valence-corrected chi connectivity index (χ0v) is 32.6. The molecule has 17 heteroatoms. The number of ether oxygens (including phenoxy) is 1. The molecule has 0 aliphatic carbocycles. The molecule has 1 saturated heterocycles. The predicted octanol–water partition coefficient (Wildman–Crippen LogP) is -1.94. The van der Waals surface area contributed by atoms with E-state index in [1.807, 2.05) is 19.2 Å². The Hall–Kier alpha value is -4.40. The van der Waals surface area contributed by atoms with E-state index in [0.29, 0.717) is 70.9 Å². The Morgan fingerprint density at radius 1 is 1.12 bits per heavy atom. The van der Waals surface area contributed by atoms with Gasteiger partial charge in [0.2, 0.25) is 23.4 Å². The molecule has 7 heterocycles. The first-order valence-electron chi connectivity index (χ1n) is 19.8. The second-order valence-electron chi connectivity index (χ2n) is 16.3. The molecule has 11 unspecified atom stereocenters. The number of aliphatic hydroxyl groups is 6. The number of carbonyl (C=O) groups is 1. The molecular formula is C41H51N5O12+2. The van der Waals surface area contributed by atoms with Crippen LogP contribution in [-0.4, -0.2) is 123 Å². The molecule has 11 atom stereocenters. The maximum atomic E-state index is 13.6. The predicted molar refractivity (Wildman–Crippen MR) is 207 cm³/mol. The lowest BCUT2D eigenvalue weighted by Crippen LogP contribution is -3.15. The van der Waals surface area contributed by atoms with Crippen LogP contribution in [0.3, 0.4) is 0 Å². The van der Waals surface area contributed by atoms with E-state index >= 15 is 0 Å². The summed E-state index contributed by atoms with van der Waals surface area (Å²) in [6.45, 7) is 4.07. The summed E-state index contributed by atoms with van der Waals surface area (Å²) in [7, 11) is 0. The van der Waals surface area contributed by atoms with Crippen LogP contribution in [0.4, 0.5) is 5.69 Å². The average molecular weight is 806 g/mol. The van der Waals surface area contributed by atoms with E-state index in [9.17, 15) is 40.2 Å². The van der Waals surface area contributed by atoms with E-state index < -0.39 is 61.6 Å². The van der Waals surface area contributed by atoms with Crippen molar-refractivity contribution < 1.29 is 64.2 Å². The van der Waals surface area contributed by atoms with Gasteiger partial charge >= 0.3 is 0 Å². The molecule has 8 rings (SSSR count). The number of nitrogens with one attached hydrogen (secondary N) is 3. The molecule has 1 fully saturated rings. The SMILES string of the molecule is CCC1C2=CC=NC2=C[NH+]1c1c2c(cc3c(=O)cc(C)oc13)CC(OOCC(O)C(O)(C[NH+]1C3=CC=NC3=CC1O)C(O)C(O)CO)C(C)(CCC1CNC(=O)C1)O2. The lowest BCUT2D eigenvalue weighted by Gasteiger charge is -2.43. The number of hydrogen-bond acceptors (Lipinski definition) is 14. The molecule has 1 amide bonds. The van der Waals surface area contributed by atoms with Crippen LogP contribution < -0.4 is 25.3 Å². The summed E-state index contributed by atoms with van der Waals surface area (Å²) in [4.78, 5) is 47.4. The van der Waals surface area contributed by atoms with Crippen molar-refractivity contribution in [3.8, 4) is 5.75 Å². The molecule has 6 aliphatic heterocycles. The number of nitrogens with zero attached hydrogens (tertiary/aromatic N) is 2. The van der Waals surface area contributed by atoms with Gasteiger partial charge in [-0.3, -0.25) is 29.4 Å². The second-order valence-corrected chi connectivity index (χ2v) is 16.3. The van der Waals surface area contributed by atoms with Gasteiger partial charge in [-0.2, -0.15) is 0 Å². The van der Waals surface area contributed by atoms with Gasteiger partial charge in [0.25, 0.3) is 0 Å². The highest BCUT2D eigenvalue weighted by Gasteiger charge is 2.53. The number of benzene rings is 1. The van der Waals surface area contributed by atoms with Crippen LogP contribution in [0.15, 0.2) is 78.4 Å². The lowest BCUT2D eigenvalue weighted by molar-refractivity contribution is -0.903. The molecule has 1 aromatic carbocycles. The molecule has 0 bridgehead atoms. The fourth-order valence-electron chi connectivity index (χ4n) is 9.12. The maximum Gasteiger partial charge on any atom is 0.222 e. The largest absolute Gasteiger partial charge is 0.478 e. The summed E-state index contributed by atoms with van der Waals surface area (Å²) < 4.78 is 13.4. The maximum absolute atomic E-state index is 13.6. The zero-order valence-electron chi connectivity index (χ0n) is 32.6. The van der Waals surface area contributed by atoms with E-state index in [-0.39, 0.29) is 34.6 Å². The minimum Gasteiger partial charge on any atom is -0.478 e. The fraction of sp³-hybridized carbons (Fsp3) is 0.512. The van der Waals surface area contributed by atoms with Gasteiger partial charge in [-0.25, -0.2) is 9.78 Å². The van der Waals surface area contributed by atoms with E-state index in [1.54, 1.807) is 25.3 Å². The minimum atomic E-state index is -2.53. The molecule has 2 aromatic rings. The second kappa shape index (κ2) is 15.6. The monoisotopic (exact) mass is 805 g/mol. The molecule has 58 heavy (non-hydrogen) atoms. The Balaban J connectivity index is 1.11. The average Bonchev–Trinajstić information content (AvgIpc) is 4.03. The van der Waals surface area contributed by atoms with Gasteiger partial charge in [0.15, 0.2) is 22.5 Å². The van der Waals surface area contributed by atoms with Crippen molar-refractivity contribution >= 4 is 35.0 Å². The molecule has 9 N–H and O–H groups in total. The number of rotatable bonds is 15. The van der Waals surface area contributed by atoms with Gasteiger partial charge in [0, 0.05) is 67.6 Å². The van der Waals surface area contributed by atoms with E-state index in [0.717, 1.165) is 22.6 Å². The van der Waals surface area contributed by atoms with Crippen molar-refractivity contribution in [1.29, 1.82) is 0 Å². The smallest absolute Gasteiger partial charge is 0.222 e. The Morgan fingerprint density at radius 3 is 2.64 bits per heavy atom. The highest BCUT2D eigenvalue weighted by atomic mass is 17.2. The molecule has 0 radical (unpaired) electrons. The molecule has 1 aromatic heterocycles. The third kappa shape index (κ3) is 7.08. The van der Waals surface area contributed by atoms with Crippen molar-refractivity contribution in [3.05, 3.63) is 80.8 Å². The van der Waals surface area contributed by atoms with Crippen LogP contribution in [0.25, 0.3) is 11.0 Å². The van der Waals surface area contributed by atoms with Gasteiger partial charge in [-0.05, 0) is 44.7 Å². The number of hydrogen-bond donors (Lipinski definition) is 9. The van der Waals surface area contributed by atoms with Gasteiger partial charge in [-0.15, -0.1) is 0 Å². The quantitative estimate of drug-likeness (QED) is 0.0707. The van der Waals surface area contributed by atoms with E-state index in [4.69, 9.17) is 18.9 Å². The number of allylic oxidation sites excluding steroid dienone is 2. The van der Waals surface area contributed by atoms with Crippen molar-refractivity contribution in [2.75, 3.05) is 26.3 Å². The molecule has 310 valence electrons. The number of amides is 1. The van der Waals surface area contributed by atoms with Crippen LogP contribution in [0.1, 0.15) is 50.9 Å². The Morgan fingerprint density at radius 2 is 1.90 bits per heavy atom. The Labute approximate surface area is 333 Å². The van der Waals surface area contributed by atoms with Gasteiger partial charge in [-0.1, -0.05) is 6.92 Å². The van der Waals surface area contributed by atoms with Crippen LogP contribution >= 0.6 is 0 Å². The molecule has 17 nitrogen and oxygen atoms in total. The number of fused-ring (bicyclic) bond motifs is 4. The molecular weight excluding hydrogens is 754 g/mol. The topological polar surface area (TPSA) is 242 Å². The van der Waals surface area contributed by atoms with Crippen LogP contribution in [0.5, 0.6) is 5.75 Å². The third-order valence-corrected chi connectivity index (χ3v) is 12.5. The summed E-state index contributed by atoms with van der Waals surface area (Å²) in [6, 6.07) is 3.15. The highest BCUT2D eigenvalue weighted by Crippen LogP contribution is 2.45. The van der Waals surface area contributed by atoms with Crippen LogP contribution in [0.2, 0.25) is 0 Å². The fourth-order valence-corrected chi connectivity index (χ4v) is 9.12. The lowest BCUT2D eigenvalue weighted by atomic mass is 9.83. The molecule has 0 saturated carbocycles. The molecule has 6 aliphatic rings. The standard InChI is InChI=1S/C41H49N5O12/c1-4-28-24-6-9-43-27(24)17-45(28)36-37-23(13-25-30(48)11-21(2)56-38(25)36)14-33(40(3,57-37)8-5-22-12-34(51)44-16-22)58-55-19-32(50)41(54,39(53)31(49)18-47)20-46-29-7-10-42-26(29)15-35(46)52/h6-7,9-11,13,15,17,22,28,31-33,35,39,47,49-50,52-54H,4-5,8,12,14,16,18-20H2,1-3H3,(H,44,51)/p+2. The third-order valence-electron chi connectivity index (χ3n) is 12.5. The summed E-state index contributed by atoms with van der Waals surface area (Å²) in [5.74, 6) is 0.995. The molecule has 0 spiro atoms. The van der Waals surface area contributed by atoms with E-state index in [1.165, 1.54) is 18.4 Å². The summed E-state index contributed by atoms with van der Waals surface area (Å²) in [5.41, 5.74) is 0.743. The first-order chi connectivity index (χ1) is 27.7. The van der Waals surface area contributed by atoms with Crippen LogP contribution in [-0.2, 0) is 21.0 Å². The summed E-state index contributed by atoms with van der Waals surface area (Å²) >= 11 is 0. The minimum absolute atomic E-state index is 0.0267. The van der Waals surface area contributed by atoms with Gasteiger partial charge in [0.1, 0.15) is 72.6 Å². The number of aliphatic hydroxyl groups excluding tert-OH is 5. The summed E-state index contributed by atoms with van der Waals surface area (Å²) in [6.07, 6.45) is 4.84. The van der Waals surface area contributed by atoms with Crippen molar-refractivity contribution in [1.82, 2.24) is 5.32 Å². The Kier molecular flexibility index (Phi) is 10.9. The normalized spacial score (nSPS) is 30.8. The number of quaternary nitrogens is 2. The number of carbonyl (C=O) groups excluding carboxylic acids is 1. The van der Waals surface area contributed by atoms with Crippen molar-refractivity contribution in [2.45, 2.75) is 101 Å². The first kappa shape index (κ1) is 40.4. The number of aliphatic imine (C=N–C) groups is 2.